The van der Waals surface area contributed by atoms with Gasteiger partial charge in [-0.15, -0.1) is 0 Å². The Labute approximate surface area is 127 Å². The standard InChI is InChI=1S/C15H15ClN2O3/c16-11-7-10(8-13-15(11)21-6-5-20-13)12(19)9-18-14-3-1-2-4-17-14/h1-4,7-8,12,19H,5-6,9H2,(H,17,18)/t12-/m0/s1. The monoisotopic (exact) mass is 306 g/mol. The Bertz CT molecular complexity index is 622. The van der Waals surface area contributed by atoms with Crippen LogP contribution in [0, 0.1) is 0 Å². The molecule has 0 unspecified atom stereocenters. The third kappa shape index (κ3) is 3.20. The molecular formula is C15H15ClN2O3. The zero-order chi connectivity index (χ0) is 14.7. The first-order valence-corrected chi connectivity index (χ1v) is 7.04. The van der Waals surface area contributed by atoms with Gasteiger partial charge in [-0.2, -0.15) is 0 Å². The topological polar surface area (TPSA) is 63.6 Å². The van der Waals surface area contributed by atoms with Gasteiger partial charge in [-0.3, -0.25) is 0 Å². The minimum atomic E-state index is -0.722. The van der Waals surface area contributed by atoms with Gasteiger partial charge in [-0.05, 0) is 29.8 Å². The van der Waals surface area contributed by atoms with Crippen LogP contribution in [0.4, 0.5) is 5.82 Å². The number of aromatic nitrogens is 1. The number of rotatable bonds is 4. The van der Waals surface area contributed by atoms with Crippen LogP contribution >= 0.6 is 11.6 Å². The van der Waals surface area contributed by atoms with E-state index in [1.54, 1.807) is 18.3 Å². The second-order valence-electron chi connectivity index (χ2n) is 4.64. The molecule has 1 aromatic heterocycles. The van der Waals surface area contributed by atoms with Crippen LogP contribution in [0.2, 0.25) is 5.02 Å². The minimum absolute atomic E-state index is 0.326. The smallest absolute Gasteiger partial charge is 0.179 e. The van der Waals surface area contributed by atoms with E-state index in [9.17, 15) is 5.11 Å². The van der Waals surface area contributed by atoms with Gasteiger partial charge >= 0.3 is 0 Å². The van der Waals surface area contributed by atoms with Crippen molar-refractivity contribution >= 4 is 17.4 Å². The number of aliphatic hydroxyl groups excluding tert-OH is 1. The summed E-state index contributed by atoms with van der Waals surface area (Å²) in [5.74, 6) is 1.82. The normalized spacial score (nSPS) is 14.6. The molecule has 0 amide bonds. The van der Waals surface area contributed by atoms with Crippen molar-refractivity contribution in [2.45, 2.75) is 6.10 Å². The SMILES string of the molecule is O[C@@H](CNc1ccccn1)c1cc(Cl)c2c(c1)OCCO2. The maximum Gasteiger partial charge on any atom is 0.179 e. The van der Waals surface area contributed by atoms with Crippen molar-refractivity contribution in [3.63, 3.8) is 0 Å². The molecule has 110 valence electrons. The molecule has 5 nitrogen and oxygen atoms in total. The van der Waals surface area contributed by atoms with Crippen LogP contribution in [0.5, 0.6) is 11.5 Å². The number of pyridine rings is 1. The van der Waals surface area contributed by atoms with Crippen LogP contribution in [0.25, 0.3) is 0 Å². The Morgan fingerprint density at radius 2 is 2.14 bits per heavy atom. The summed E-state index contributed by atoms with van der Waals surface area (Å²) < 4.78 is 11.0. The second-order valence-corrected chi connectivity index (χ2v) is 5.05. The van der Waals surface area contributed by atoms with E-state index in [-0.39, 0.29) is 0 Å². The molecule has 2 aromatic rings. The quantitative estimate of drug-likeness (QED) is 0.909. The number of anilines is 1. The molecule has 1 atom stereocenters. The molecule has 2 N–H and O–H groups in total. The molecule has 0 aliphatic carbocycles. The molecule has 0 radical (unpaired) electrons. The van der Waals surface area contributed by atoms with Gasteiger partial charge < -0.3 is 19.9 Å². The molecule has 6 heteroatoms. The van der Waals surface area contributed by atoms with Crippen molar-refractivity contribution in [2.75, 3.05) is 25.1 Å². The summed E-state index contributed by atoms with van der Waals surface area (Å²) in [5, 5.41) is 13.8. The molecule has 1 aliphatic heterocycles. The van der Waals surface area contributed by atoms with E-state index in [2.05, 4.69) is 10.3 Å². The van der Waals surface area contributed by atoms with Crippen LogP contribution in [0.15, 0.2) is 36.5 Å². The highest BCUT2D eigenvalue weighted by atomic mass is 35.5. The molecular weight excluding hydrogens is 292 g/mol. The minimum Gasteiger partial charge on any atom is -0.486 e. The molecule has 1 aromatic carbocycles. The van der Waals surface area contributed by atoms with Crippen LogP contribution in [0.3, 0.4) is 0 Å². The lowest BCUT2D eigenvalue weighted by atomic mass is 10.1. The number of hydrogen-bond donors (Lipinski definition) is 2. The van der Waals surface area contributed by atoms with E-state index >= 15 is 0 Å². The van der Waals surface area contributed by atoms with Gasteiger partial charge in [0.05, 0.1) is 11.1 Å². The van der Waals surface area contributed by atoms with Gasteiger partial charge in [0.25, 0.3) is 0 Å². The van der Waals surface area contributed by atoms with E-state index in [1.807, 2.05) is 18.2 Å². The lowest BCUT2D eigenvalue weighted by Gasteiger charge is -2.21. The fraction of sp³-hybridized carbons (Fsp3) is 0.267. The Hall–Kier alpha value is -1.98. The van der Waals surface area contributed by atoms with Crippen molar-refractivity contribution in [2.24, 2.45) is 0 Å². The average molecular weight is 307 g/mol. The molecule has 0 fully saturated rings. The maximum absolute atomic E-state index is 10.3. The highest BCUT2D eigenvalue weighted by Crippen LogP contribution is 2.39. The highest BCUT2D eigenvalue weighted by molar-refractivity contribution is 6.32. The van der Waals surface area contributed by atoms with E-state index in [4.69, 9.17) is 21.1 Å². The number of benzene rings is 1. The van der Waals surface area contributed by atoms with Crippen LogP contribution in [-0.4, -0.2) is 29.8 Å². The number of fused-ring (bicyclic) bond motifs is 1. The van der Waals surface area contributed by atoms with Crippen LogP contribution < -0.4 is 14.8 Å². The first kappa shape index (κ1) is 14.0. The van der Waals surface area contributed by atoms with Crippen molar-refractivity contribution in [3.8, 4) is 11.5 Å². The van der Waals surface area contributed by atoms with Crippen molar-refractivity contribution in [1.29, 1.82) is 0 Å². The van der Waals surface area contributed by atoms with Gasteiger partial charge in [0.1, 0.15) is 19.0 Å². The number of halogens is 1. The average Bonchev–Trinajstić information content (AvgIpc) is 2.53. The maximum atomic E-state index is 10.3. The third-order valence-corrected chi connectivity index (χ3v) is 3.43. The molecule has 3 rings (SSSR count). The third-order valence-electron chi connectivity index (χ3n) is 3.15. The predicted octanol–water partition coefficient (Wildman–Crippen LogP) is 2.65. The fourth-order valence-corrected chi connectivity index (χ4v) is 2.38. The Kier molecular flexibility index (Phi) is 4.13. The Morgan fingerprint density at radius 1 is 1.29 bits per heavy atom. The Morgan fingerprint density at radius 3 is 2.95 bits per heavy atom. The van der Waals surface area contributed by atoms with Gasteiger partial charge in [0.2, 0.25) is 0 Å². The van der Waals surface area contributed by atoms with Crippen LogP contribution in [-0.2, 0) is 0 Å². The summed E-state index contributed by atoms with van der Waals surface area (Å²) in [6.07, 6.45) is 0.968. The molecule has 0 saturated heterocycles. The summed E-state index contributed by atoms with van der Waals surface area (Å²) in [6.45, 7) is 1.29. The summed E-state index contributed by atoms with van der Waals surface area (Å²) >= 11 is 6.16. The van der Waals surface area contributed by atoms with Crippen LogP contribution in [0.1, 0.15) is 11.7 Å². The molecule has 21 heavy (non-hydrogen) atoms. The van der Waals surface area contributed by atoms with E-state index < -0.39 is 6.10 Å². The summed E-state index contributed by atoms with van der Waals surface area (Å²) in [4.78, 5) is 4.14. The van der Waals surface area contributed by atoms with Gasteiger partial charge in [-0.1, -0.05) is 17.7 Å². The largest absolute Gasteiger partial charge is 0.486 e. The predicted molar refractivity (Wildman–Crippen MR) is 80.1 cm³/mol. The molecule has 0 spiro atoms. The van der Waals surface area contributed by atoms with Crippen molar-refractivity contribution in [3.05, 3.63) is 47.1 Å². The number of hydrogen-bond acceptors (Lipinski definition) is 5. The highest BCUT2D eigenvalue weighted by Gasteiger charge is 2.19. The van der Waals surface area contributed by atoms with Gasteiger partial charge in [0, 0.05) is 12.7 Å². The number of nitrogens with one attached hydrogen (secondary N) is 1. The summed E-state index contributed by atoms with van der Waals surface area (Å²) in [7, 11) is 0. The summed E-state index contributed by atoms with van der Waals surface area (Å²) in [6, 6.07) is 9.00. The number of nitrogens with zero attached hydrogens (tertiary/aromatic N) is 1. The lowest BCUT2D eigenvalue weighted by Crippen LogP contribution is -2.17. The fourth-order valence-electron chi connectivity index (χ4n) is 2.11. The summed E-state index contributed by atoms with van der Waals surface area (Å²) in [5.41, 5.74) is 0.674. The van der Waals surface area contributed by atoms with Crippen molar-refractivity contribution in [1.82, 2.24) is 4.98 Å². The number of ether oxygens (including phenoxy) is 2. The second kappa shape index (κ2) is 6.20. The lowest BCUT2D eigenvalue weighted by molar-refractivity contribution is 0.167. The first-order chi connectivity index (χ1) is 10.2. The molecule has 2 heterocycles. The molecule has 1 aliphatic rings. The van der Waals surface area contributed by atoms with E-state index in [0.717, 1.165) is 0 Å². The van der Waals surface area contributed by atoms with Gasteiger partial charge in [0.15, 0.2) is 11.5 Å². The molecule has 0 saturated carbocycles. The zero-order valence-corrected chi connectivity index (χ0v) is 12.0. The first-order valence-electron chi connectivity index (χ1n) is 6.66. The van der Waals surface area contributed by atoms with Crippen molar-refractivity contribution < 1.29 is 14.6 Å². The Balaban J connectivity index is 1.72. The van der Waals surface area contributed by atoms with Gasteiger partial charge in [-0.25, -0.2) is 4.98 Å². The molecule has 0 bridgehead atoms. The van der Waals surface area contributed by atoms with E-state index in [1.165, 1.54) is 0 Å². The number of aliphatic hydroxyl groups is 1. The van der Waals surface area contributed by atoms with E-state index in [0.29, 0.717) is 47.7 Å². The zero-order valence-electron chi connectivity index (χ0n) is 11.3.